The van der Waals surface area contributed by atoms with Crippen LogP contribution in [0.2, 0.25) is 0 Å². The molecule has 1 rings (SSSR count). The number of carbonyl (C=O) groups excluding carboxylic acids is 2. The van der Waals surface area contributed by atoms with Gasteiger partial charge in [-0.15, -0.1) is 0 Å². The minimum Gasteiger partial charge on any atom is -0.270 e. The zero-order valence-electron chi connectivity index (χ0n) is 14.3. The molecule has 7 nitrogen and oxygen atoms in total. The Morgan fingerprint density at radius 1 is 1.00 bits per heavy atom. The molecule has 0 fully saturated rings. The topological polar surface area (TPSA) is 74.3 Å². The highest BCUT2D eigenvalue weighted by Gasteiger charge is 2.33. The summed E-state index contributed by atoms with van der Waals surface area (Å²) in [4.78, 5) is 45.4. The van der Waals surface area contributed by atoms with Crippen LogP contribution in [0, 0.1) is 0 Å². The predicted molar refractivity (Wildman–Crippen MR) is 78.1 cm³/mol. The highest BCUT2D eigenvalue weighted by atomic mass is 17.3. The summed E-state index contributed by atoms with van der Waals surface area (Å²) in [6.07, 6.45) is 0.222. The fraction of sp³-hybridized carbons (Fsp3) is 0.733. The molecule has 0 saturated carbocycles. The molecule has 0 unspecified atom stereocenters. The van der Waals surface area contributed by atoms with Crippen molar-refractivity contribution in [3.8, 4) is 0 Å². The van der Waals surface area contributed by atoms with Crippen LogP contribution in [0.5, 0.6) is 0 Å². The van der Waals surface area contributed by atoms with Gasteiger partial charge in [-0.05, 0) is 48.5 Å². The predicted octanol–water partition coefficient (Wildman–Crippen LogP) is 2.12. The third kappa shape index (κ3) is 6.23. The van der Waals surface area contributed by atoms with Gasteiger partial charge >= 0.3 is 0 Å². The highest BCUT2D eigenvalue weighted by Crippen LogP contribution is 2.17. The first kappa shape index (κ1) is 18.8. The molecule has 0 atom stereocenters. The monoisotopic (exact) mass is 315 g/mol. The Balaban J connectivity index is 2.69. The Kier molecular flexibility index (Phi) is 5.86. The largest absolute Gasteiger partial charge is 0.270 e. The first-order valence-electron chi connectivity index (χ1n) is 7.12. The van der Waals surface area contributed by atoms with Gasteiger partial charge < -0.3 is 0 Å². The minimum absolute atomic E-state index is 0.127. The van der Waals surface area contributed by atoms with E-state index in [9.17, 15) is 9.59 Å². The average Bonchev–Trinajstić information content (AvgIpc) is 2.56. The van der Waals surface area contributed by atoms with Crippen LogP contribution in [0.3, 0.4) is 0 Å². The maximum Gasteiger partial charge on any atom is 0.256 e. The summed E-state index contributed by atoms with van der Waals surface area (Å²) in [7, 11) is 0. The lowest BCUT2D eigenvalue weighted by molar-refractivity contribution is -0.496. The molecule has 2 amide bonds. The van der Waals surface area contributed by atoms with Crippen molar-refractivity contribution in [1.82, 2.24) is 4.90 Å². The van der Waals surface area contributed by atoms with Crippen LogP contribution in [0.15, 0.2) is 11.6 Å². The SMILES string of the molecule is CC1=CC(=O)N(CC(OOC(C)(C)C)OOC(C)(C)C)C1=O. The van der Waals surface area contributed by atoms with Crippen LogP contribution >= 0.6 is 0 Å². The smallest absolute Gasteiger partial charge is 0.256 e. The second-order valence-electron chi connectivity index (χ2n) is 7.09. The number of hydrogen-bond acceptors (Lipinski definition) is 6. The number of rotatable bonds is 6. The molecule has 1 aliphatic rings. The standard InChI is InChI=1S/C15H25NO6/c1-10-8-11(17)16(13(10)18)9-12(19-21-14(2,3)4)20-22-15(5,6)7/h8,12H,9H2,1-7H3. The Hall–Kier alpha value is -1.28. The van der Waals surface area contributed by atoms with Crippen molar-refractivity contribution in [2.75, 3.05) is 6.54 Å². The Bertz CT molecular complexity index is 440. The second kappa shape index (κ2) is 6.87. The van der Waals surface area contributed by atoms with E-state index >= 15 is 0 Å². The lowest BCUT2D eigenvalue weighted by atomic mass is 10.2. The molecular weight excluding hydrogens is 290 g/mol. The van der Waals surface area contributed by atoms with E-state index in [1.165, 1.54) is 6.08 Å². The van der Waals surface area contributed by atoms with Gasteiger partial charge in [-0.25, -0.2) is 9.78 Å². The molecule has 0 spiro atoms. The lowest BCUT2D eigenvalue weighted by Crippen LogP contribution is -2.41. The fourth-order valence-electron chi connectivity index (χ4n) is 1.43. The van der Waals surface area contributed by atoms with Gasteiger partial charge in [0.1, 0.15) is 0 Å². The van der Waals surface area contributed by atoms with E-state index in [1.807, 2.05) is 0 Å². The van der Waals surface area contributed by atoms with Crippen molar-refractivity contribution < 1.29 is 29.1 Å². The van der Waals surface area contributed by atoms with Crippen LogP contribution in [-0.2, 0) is 29.1 Å². The van der Waals surface area contributed by atoms with Crippen molar-refractivity contribution in [2.24, 2.45) is 0 Å². The van der Waals surface area contributed by atoms with Crippen molar-refractivity contribution in [1.29, 1.82) is 0 Å². The molecule has 0 bridgehead atoms. The van der Waals surface area contributed by atoms with Crippen molar-refractivity contribution in [3.63, 3.8) is 0 Å². The molecule has 0 saturated heterocycles. The van der Waals surface area contributed by atoms with Crippen LogP contribution < -0.4 is 0 Å². The van der Waals surface area contributed by atoms with Crippen LogP contribution in [0.25, 0.3) is 0 Å². The van der Waals surface area contributed by atoms with Crippen LogP contribution in [0.4, 0.5) is 0 Å². The molecular formula is C15H25NO6. The summed E-state index contributed by atoms with van der Waals surface area (Å²) >= 11 is 0. The van der Waals surface area contributed by atoms with Gasteiger partial charge in [-0.1, -0.05) is 0 Å². The van der Waals surface area contributed by atoms with Gasteiger partial charge in [0.2, 0.25) is 6.29 Å². The van der Waals surface area contributed by atoms with Gasteiger partial charge in [0.05, 0.1) is 17.7 Å². The van der Waals surface area contributed by atoms with Gasteiger partial charge in [-0.3, -0.25) is 14.5 Å². The maximum atomic E-state index is 11.9. The highest BCUT2D eigenvalue weighted by molar-refractivity contribution is 6.15. The average molecular weight is 315 g/mol. The van der Waals surface area contributed by atoms with Crippen LogP contribution in [-0.4, -0.2) is 40.8 Å². The Morgan fingerprint density at radius 2 is 1.45 bits per heavy atom. The number of carbonyl (C=O) groups is 2. The fourth-order valence-corrected chi connectivity index (χ4v) is 1.43. The molecule has 0 aromatic carbocycles. The van der Waals surface area contributed by atoms with E-state index < -0.39 is 23.4 Å². The number of nitrogens with zero attached hydrogens (tertiary/aromatic N) is 1. The Morgan fingerprint density at radius 3 is 1.77 bits per heavy atom. The van der Waals surface area contributed by atoms with E-state index in [0.717, 1.165) is 4.90 Å². The summed E-state index contributed by atoms with van der Waals surface area (Å²) in [5, 5.41) is 0. The van der Waals surface area contributed by atoms with Crippen molar-refractivity contribution >= 4 is 11.8 Å². The normalized spacial score (nSPS) is 16.7. The summed E-state index contributed by atoms with van der Waals surface area (Å²) < 4.78 is 0. The second-order valence-corrected chi connectivity index (χ2v) is 7.09. The zero-order chi connectivity index (χ0) is 17.1. The maximum absolute atomic E-state index is 11.9. The van der Waals surface area contributed by atoms with Gasteiger partial charge in [-0.2, -0.15) is 9.78 Å². The summed E-state index contributed by atoms with van der Waals surface area (Å²) in [6, 6.07) is 0. The van der Waals surface area contributed by atoms with E-state index in [1.54, 1.807) is 48.5 Å². The number of imide groups is 1. The lowest BCUT2D eigenvalue weighted by Gasteiger charge is -2.27. The van der Waals surface area contributed by atoms with E-state index in [0.29, 0.717) is 5.57 Å². The summed E-state index contributed by atoms with van der Waals surface area (Å²) in [5.41, 5.74) is -0.773. The molecule has 1 aliphatic heterocycles. The van der Waals surface area contributed by atoms with Gasteiger partial charge in [0.15, 0.2) is 0 Å². The molecule has 0 aromatic rings. The first-order chi connectivity index (χ1) is 9.89. The van der Waals surface area contributed by atoms with E-state index in [4.69, 9.17) is 19.6 Å². The first-order valence-corrected chi connectivity index (χ1v) is 7.12. The molecule has 7 heteroatoms. The molecule has 22 heavy (non-hydrogen) atoms. The third-order valence-corrected chi connectivity index (χ3v) is 2.33. The van der Waals surface area contributed by atoms with E-state index in [-0.39, 0.29) is 12.5 Å². The molecule has 0 aromatic heterocycles. The number of hydrogen-bond donors (Lipinski definition) is 0. The summed E-state index contributed by atoms with van der Waals surface area (Å²) in [6.45, 7) is 12.2. The molecule has 0 radical (unpaired) electrons. The van der Waals surface area contributed by atoms with E-state index in [2.05, 4.69) is 0 Å². The quantitative estimate of drug-likeness (QED) is 0.323. The minimum atomic E-state index is -1.05. The Labute approximate surface area is 131 Å². The molecule has 0 N–H and O–H groups in total. The molecule has 0 aliphatic carbocycles. The molecule has 126 valence electrons. The summed E-state index contributed by atoms with van der Waals surface area (Å²) in [5.74, 6) is -0.792. The zero-order valence-corrected chi connectivity index (χ0v) is 14.3. The van der Waals surface area contributed by atoms with Crippen molar-refractivity contribution in [3.05, 3.63) is 11.6 Å². The van der Waals surface area contributed by atoms with Gasteiger partial charge in [0.25, 0.3) is 11.8 Å². The van der Waals surface area contributed by atoms with Crippen molar-refractivity contribution in [2.45, 2.75) is 66.0 Å². The van der Waals surface area contributed by atoms with Gasteiger partial charge in [0, 0.05) is 11.6 Å². The third-order valence-electron chi connectivity index (χ3n) is 2.33. The number of amides is 2. The molecule has 1 heterocycles. The van der Waals surface area contributed by atoms with Crippen LogP contribution in [0.1, 0.15) is 48.5 Å².